The van der Waals surface area contributed by atoms with Crippen LogP contribution in [0.2, 0.25) is 0 Å². The summed E-state index contributed by atoms with van der Waals surface area (Å²) in [4.78, 5) is 38.4. The lowest BCUT2D eigenvalue weighted by atomic mass is 10.2. The molecule has 29 heavy (non-hydrogen) atoms. The summed E-state index contributed by atoms with van der Waals surface area (Å²) in [6.45, 7) is 0. The summed E-state index contributed by atoms with van der Waals surface area (Å²) in [7, 11) is 1.24. The van der Waals surface area contributed by atoms with Crippen LogP contribution in [0.4, 0.5) is 18.9 Å². The van der Waals surface area contributed by atoms with Gasteiger partial charge in [0.05, 0.1) is 23.6 Å². The highest BCUT2D eigenvalue weighted by Crippen LogP contribution is 2.36. The van der Waals surface area contributed by atoms with E-state index in [0.717, 1.165) is 28.8 Å². The van der Waals surface area contributed by atoms with E-state index in [2.05, 4.69) is 4.74 Å². The Morgan fingerprint density at radius 2 is 1.76 bits per heavy atom. The molecule has 2 amide bonds. The van der Waals surface area contributed by atoms with Crippen LogP contribution in [0.15, 0.2) is 53.4 Å². The van der Waals surface area contributed by atoms with E-state index in [1.807, 2.05) is 0 Å². The number of rotatable bonds is 5. The second kappa shape index (κ2) is 8.16. The number of esters is 1. The van der Waals surface area contributed by atoms with Crippen LogP contribution in [0.1, 0.15) is 16.8 Å². The van der Waals surface area contributed by atoms with Crippen molar-refractivity contribution in [1.29, 1.82) is 0 Å². The second-order valence-corrected chi connectivity index (χ2v) is 7.15. The van der Waals surface area contributed by atoms with E-state index in [9.17, 15) is 27.6 Å². The van der Waals surface area contributed by atoms with Crippen molar-refractivity contribution < 1.29 is 37.0 Å². The zero-order valence-electron chi connectivity index (χ0n) is 14.9. The molecule has 3 rings (SSSR count). The van der Waals surface area contributed by atoms with Crippen LogP contribution in [-0.2, 0) is 14.3 Å². The van der Waals surface area contributed by atoms with Gasteiger partial charge >= 0.3 is 12.3 Å². The Hall–Kier alpha value is -3.01. The van der Waals surface area contributed by atoms with Crippen molar-refractivity contribution in [3.8, 4) is 5.75 Å². The Morgan fingerprint density at radius 1 is 1.10 bits per heavy atom. The highest BCUT2D eigenvalue weighted by molar-refractivity contribution is 8.00. The number of nitrogens with zero attached hydrogens (tertiary/aromatic N) is 1. The van der Waals surface area contributed by atoms with Crippen molar-refractivity contribution in [2.75, 3.05) is 12.0 Å². The minimum atomic E-state index is -4.84. The largest absolute Gasteiger partial charge is 0.573 e. The van der Waals surface area contributed by atoms with Crippen LogP contribution in [-0.4, -0.2) is 36.5 Å². The number of halogens is 3. The van der Waals surface area contributed by atoms with E-state index < -0.39 is 35.1 Å². The fourth-order valence-electron chi connectivity index (χ4n) is 2.77. The lowest BCUT2D eigenvalue weighted by Gasteiger charge is -2.16. The number of hydrogen-bond donors (Lipinski definition) is 0. The second-order valence-electron chi connectivity index (χ2n) is 5.91. The minimum absolute atomic E-state index is 0.111. The van der Waals surface area contributed by atoms with Gasteiger partial charge in [-0.15, -0.1) is 24.9 Å². The summed E-state index contributed by atoms with van der Waals surface area (Å²) in [5.74, 6) is -2.04. The average Bonchev–Trinajstić information content (AvgIpc) is 2.94. The number of methoxy groups -OCH3 is 1. The molecule has 2 aromatic rings. The van der Waals surface area contributed by atoms with Crippen LogP contribution >= 0.6 is 11.8 Å². The lowest BCUT2D eigenvalue weighted by Crippen LogP contribution is -2.31. The normalized spacial score (nSPS) is 16.8. The number of ether oxygens (including phenoxy) is 2. The lowest BCUT2D eigenvalue weighted by molar-refractivity contribution is -0.274. The standard InChI is InChI=1S/C19H14F3NO5S/c1-27-18(26)13-4-2-3-5-14(13)29-15-10-16(24)23(17(15)25)11-6-8-12(9-7-11)28-19(20,21)22/h2-9,15H,10H2,1H3. The molecule has 10 heteroatoms. The Morgan fingerprint density at radius 3 is 2.38 bits per heavy atom. The smallest absolute Gasteiger partial charge is 0.465 e. The van der Waals surface area contributed by atoms with Crippen molar-refractivity contribution in [2.45, 2.75) is 22.9 Å². The fourth-order valence-corrected chi connectivity index (χ4v) is 3.94. The molecule has 0 aliphatic carbocycles. The molecule has 0 bridgehead atoms. The number of alkyl halides is 3. The third-order valence-electron chi connectivity index (χ3n) is 4.00. The van der Waals surface area contributed by atoms with E-state index in [1.165, 1.54) is 19.2 Å². The molecule has 1 aliphatic rings. The number of anilines is 1. The minimum Gasteiger partial charge on any atom is -0.465 e. The Bertz CT molecular complexity index is 946. The summed E-state index contributed by atoms with van der Waals surface area (Å²) in [5.41, 5.74) is 0.409. The van der Waals surface area contributed by atoms with Crippen molar-refractivity contribution >= 4 is 35.2 Å². The van der Waals surface area contributed by atoms with Crippen LogP contribution in [0, 0.1) is 0 Å². The van der Waals surface area contributed by atoms with E-state index in [4.69, 9.17) is 4.74 Å². The Balaban J connectivity index is 1.78. The zero-order chi connectivity index (χ0) is 21.2. The Kier molecular flexibility index (Phi) is 5.83. The number of imide groups is 1. The predicted octanol–water partition coefficient (Wildman–Crippen LogP) is 3.80. The molecule has 1 heterocycles. The molecule has 1 saturated heterocycles. The molecular formula is C19H14F3NO5S. The molecule has 0 aromatic heterocycles. The molecule has 1 unspecified atom stereocenters. The number of carbonyl (C=O) groups is 3. The Labute approximate surface area is 167 Å². The fraction of sp³-hybridized carbons (Fsp3) is 0.211. The van der Waals surface area contributed by atoms with E-state index >= 15 is 0 Å². The van der Waals surface area contributed by atoms with Gasteiger partial charge in [0.15, 0.2) is 0 Å². The molecule has 1 fully saturated rings. The van der Waals surface area contributed by atoms with E-state index in [1.54, 1.807) is 24.3 Å². The van der Waals surface area contributed by atoms with Gasteiger partial charge in [0.2, 0.25) is 11.8 Å². The van der Waals surface area contributed by atoms with E-state index in [0.29, 0.717) is 4.90 Å². The summed E-state index contributed by atoms with van der Waals surface area (Å²) >= 11 is 1.06. The van der Waals surface area contributed by atoms with Crippen LogP contribution < -0.4 is 9.64 Å². The summed E-state index contributed by atoms with van der Waals surface area (Å²) in [6, 6.07) is 11.0. The summed E-state index contributed by atoms with van der Waals surface area (Å²) < 4.78 is 45.3. The molecule has 6 nitrogen and oxygen atoms in total. The van der Waals surface area contributed by atoms with Crippen LogP contribution in [0.3, 0.4) is 0 Å². The maximum atomic E-state index is 12.7. The highest BCUT2D eigenvalue weighted by Gasteiger charge is 2.40. The quantitative estimate of drug-likeness (QED) is 0.536. The third kappa shape index (κ3) is 4.70. The van der Waals surface area contributed by atoms with Gasteiger partial charge in [0.1, 0.15) is 5.75 Å². The van der Waals surface area contributed by atoms with E-state index in [-0.39, 0.29) is 17.7 Å². The first-order chi connectivity index (χ1) is 13.7. The first-order valence-electron chi connectivity index (χ1n) is 8.26. The van der Waals surface area contributed by atoms with Gasteiger partial charge in [0, 0.05) is 11.3 Å². The van der Waals surface area contributed by atoms with Crippen molar-refractivity contribution in [3.63, 3.8) is 0 Å². The van der Waals surface area contributed by atoms with Gasteiger partial charge in [-0.05, 0) is 36.4 Å². The SMILES string of the molecule is COC(=O)c1ccccc1SC1CC(=O)N(c2ccc(OC(F)(F)F)cc2)C1=O. The number of hydrogen-bond acceptors (Lipinski definition) is 6. The molecule has 152 valence electrons. The van der Waals surface area contributed by atoms with Crippen LogP contribution in [0.25, 0.3) is 0 Å². The first kappa shape index (κ1) is 20.7. The van der Waals surface area contributed by atoms with Gasteiger partial charge in [-0.3, -0.25) is 9.59 Å². The molecule has 2 aromatic carbocycles. The molecule has 0 spiro atoms. The number of thioether (sulfide) groups is 1. The van der Waals surface area contributed by atoms with Gasteiger partial charge < -0.3 is 9.47 Å². The van der Waals surface area contributed by atoms with Gasteiger partial charge in [-0.1, -0.05) is 12.1 Å². The topological polar surface area (TPSA) is 72.9 Å². The number of benzene rings is 2. The molecule has 0 saturated carbocycles. The van der Waals surface area contributed by atoms with Gasteiger partial charge in [-0.2, -0.15) is 0 Å². The predicted molar refractivity (Wildman–Crippen MR) is 97.7 cm³/mol. The highest BCUT2D eigenvalue weighted by atomic mass is 32.2. The molecule has 1 aliphatic heterocycles. The van der Waals surface area contributed by atoms with Crippen molar-refractivity contribution in [1.82, 2.24) is 0 Å². The van der Waals surface area contributed by atoms with Gasteiger partial charge in [-0.25, -0.2) is 9.69 Å². The summed E-state index contributed by atoms with van der Waals surface area (Å²) in [6.07, 6.45) is -4.95. The van der Waals surface area contributed by atoms with Crippen molar-refractivity contribution in [2.24, 2.45) is 0 Å². The molecule has 0 radical (unpaired) electrons. The molecule has 1 atom stereocenters. The summed E-state index contributed by atoms with van der Waals surface area (Å²) in [5, 5.41) is -0.778. The molecular weight excluding hydrogens is 411 g/mol. The number of carbonyl (C=O) groups excluding carboxylic acids is 3. The monoisotopic (exact) mass is 425 g/mol. The first-order valence-corrected chi connectivity index (χ1v) is 9.14. The third-order valence-corrected chi connectivity index (χ3v) is 5.26. The zero-order valence-corrected chi connectivity index (χ0v) is 15.8. The van der Waals surface area contributed by atoms with Crippen LogP contribution in [0.5, 0.6) is 5.75 Å². The maximum absolute atomic E-state index is 12.7. The maximum Gasteiger partial charge on any atom is 0.573 e. The molecule has 0 N–H and O–H groups in total. The average molecular weight is 425 g/mol. The number of amides is 2. The van der Waals surface area contributed by atoms with Gasteiger partial charge in [0.25, 0.3) is 0 Å². The van der Waals surface area contributed by atoms with Crippen molar-refractivity contribution in [3.05, 3.63) is 54.1 Å².